The highest BCUT2D eigenvalue weighted by atomic mass is 19.1. The quantitative estimate of drug-likeness (QED) is 0.431. The Labute approximate surface area is 116 Å². The van der Waals surface area contributed by atoms with Crippen LogP contribution < -0.4 is 5.32 Å². The molecular weight excluding hydrogens is 270 g/mol. The molecule has 0 aliphatic heterocycles. The SMILES string of the molecule is COCCCCCNCc1cc([N+](=O)[O-])c(F)cc1F. The molecule has 1 N–H and O–H groups in total. The van der Waals surface area contributed by atoms with Crippen LogP contribution in [0.3, 0.4) is 0 Å². The number of hydrogen-bond donors (Lipinski definition) is 1. The van der Waals surface area contributed by atoms with E-state index in [1.54, 1.807) is 7.11 Å². The topological polar surface area (TPSA) is 64.4 Å². The third-order valence-corrected chi connectivity index (χ3v) is 2.83. The molecule has 0 aliphatic rings. The summed E-state index contributed by atoms with van der Waals surface area (Å²) in [6.07, 6.45) is 2.83. The molecule has 0 heterocycles. The number of nitrogens with one attached hydrogen (secondary N) is 1. The lowest BCUT2D eigenvalue weighted by Gasteiger charge is -2.06. The summed E-state index contributed by atoms with van der Waals surface area (Å²) >= 11 is 0. The van der Waals surface area contributed by atoms with Crippen LogP contribution in [-0.2, 0) is 11.3 Å². The van der Waals surface area contributed by atoms with E-state index in [-0.39, 0.29) is 12.1 Å². The molecule has 0 saturated carbocycles. The first kappa shape index (κ1) is 16.5. The summed E-state index contributed by atoms with van der Waals surface area (Å²) < 4.78 is 31.5. The lowest BCUT2D eigenvalue weighted by molar-refractivity contribution is -0.387. The van der Waals surface area contributed by atoms with Crippen LogP contribution in [0.4, 0.5) is 14.5 Å². The maximum atomic E-state index is 13.5. The number of nitro groups is 1. The van der Waals surface area contributed by atoms with Gasteiger partial charge in [0, 0.05) is 38.0 Å². The van der Waals surface area contributed by atoms with Crippen molar-refractivity contribution in [3.63, 3.8) is 0 Å². The number of ether oxygens (including phenoxy) is 1. The predicted molar refractivity (Wildman–Crippen MR) is 70.4 cm³/mol. The molecule has 5 nitrogen and oxygen atoms in total. The van der Waals surface area contributed by atoms with Gasteiger partial charge >= 0.3 is 5.69 Å². The largest absolute Gasteiger partial charge is 0.385 e. The summed E-state index contributed by atoms with van der Waals surface area (Å²) in [7, 11) is 1.64. The van der Waals surface area contributed by atoms with E-state index in [1.165, 1.54) is 0 Å². The van der Waals surface area contributed by atoms with Crippen molar-refractivity contribution in [1.82, 2.24) is 5.32 Å². The van der Waals surface area contributed by atoms with Crippen molar-refractivity contribution in [2.24, 2.45) is 0 Å². The van der Waals surface area contributed by atoms with Crippen LogP contribution in [0.5, 0.6) is 0 Å². The van der Waals surface area contributed by atoms with Crippen molar-refractivity contribution < 1.29 is 18.4 Å². The van der Waals surface area contributed by atoms with Crippen molar-refractivity contribution >= 4 is 5.69 Å². The van der Waals surface area contributed by atoms with Gasteiger partial charge in [-0.15, -0.1) is 0 Å². The zero-order valence-corrected chi connectivity index (χ0v) is 11.3. The number of nitro benzene ring substituents is 1. The third-order valence-electron chi connectivity index (χ3n) is 2.83. The number of nitrogens with zero attached hydrogens (tertiary/aromatic N) is 1. The Kier molecular flexibility index (Phi) is 7.03. The van der Waals surface area contributed by atoms with Crippen molar-refractivity contribution in [3.05, 3.63) is 39.4 Å². The summed E-state index contributed by atoms with van der Waals surface area (Å²) in [6.45, 7) is 1.50. The van der Waals surface area contributed by atoms with E-state index in [4.69, 9.17) is 4.74 Å². The molecule has 1 aromatic carbocycles. The average Bonchev–Trinajstić information content (AvgIpc) is 2.39. The minimum absolute atomic E-state index is 0.0926. The lowest BCUT2D eigenvalue weighted by Crippen LogP contribution is -2.16. The first-order chi connectivity index (χ1) is 9.56. The highest BCUT2D eigenvalue weighted by Gasteiger charge is 2.17. The van der Waals surface area contributed by atoms with Gasteiger partial charge in [-0.05, 0) is 25.8 Å². The van der Waals surface area contributed by atoms with Gasteiger partial charge in [-0.25, -0.2) is 4.39 Å². The number of methoxy groups -OCH3 is 1. The summed E-state index contributed by atoms with van der Waals surface area (Å²) in [5.41, 5.74) is -0.613. The second kappa shape index (κ2) is 8.55. The molecule has 7 heteroatoms. The van der Waals surface area contributed by atoms with E-state index >= 15 is 0 Å². The number of rotatable bonds is 9. The zero-order valence-electron chi connectivity index (χ0n) is 11.3. The molecule has 0 aliphatic carbocycles. The van der Waals surface area contributed by atoms with Gasteiger partial charge in [-0.3, -0.25) is 10.1 Å². The monoisotopic (exact) mass is 288 g/mol. The fourth-order valence-corrected chi connectivity index (χ4v) is 1.75. The van der Waals surface area contributed by atoms with Crippen LogP contribution in [0.1, 0.15) is 24.8 Å². The van der Waals surface area contributed by atoms with Gasteiger partial charge in [0.15, 0.2) is 0 Å². The van der Waals surface area contributed by atoms with Gasteiger partial charge in [0.1, 0.15) is 5.82 Å². The second-order valence-electron chi connectivity index (χ2n) is 4.38. The van der Waals surface area contributed by atoms with Crippen LogP contribution >= 0.6 is 0 Å². The Balaban J connectivity index is 2.44. The molecule has 20 heavy (non-hydrogen) atoms. The Hall–Kier alpha value is -1.60. The first-order valence-corrected chi connectivity index (χ1v) is 6.38. The van der Waals surface area contributed by atoms with Crippen LogP contribution in [0.15, 0.2) is 12.1 Å². The van der Waals surface area contributed by atoms with Crippen molar-refractivity contribution in [3.8, 4) is 0 Å². The predicted octanol–water partition coefficient (Wildman–Crippen LogP) is 2.78. The van der Waals surface area contributed by atoms with E-state index in [0.717, 1.165) is 25.3 Å². The summed E-state index contributed by atoms with van der Waals surface area (Å²) in [6, 6.07) is 1.48. The summed E-state index contributed by atoms with van der Waals surface area (Å²) in [5.74, 6) is -1.93. The van der Waals surface area contributed by atoms with Crippen LogP contribution in [0.25, 0.3) is 0 Å². The minimum atomic E-state index is -1.16. The third kappa shape index (κ3) is 5.18. The number of halogens is 2. The lowest BCUT2D eigenvalue weighted by atomic mass is 10.1. The molecule has 1 rings (SSSR count). The first-order valence-electron chi connectivity index (χ1n) is 6.38. The van der Waals surface area contributed by atoms with Gasteiger partial charge in [-0.2, -0.15) is 4.39 Å². The Bertz CT molecular complexity index is 455. The molecule has 0 radical (unpaired) electrons. The summed E-state index contributed by atoms with van der Waals surface area (Å²) in [5, 5.41) is 13.6. The fourth-order valence-electron chi connectivity index (χ4n) is 1.75. The Morgan fingerprint density at radius 2 is 2.00 bits per heavy atom. The van der Waals surface area contributed by atoms with Crippen LogP contribution in [0.2, 0.25) is 0 Å². The van der Waals surface area contributed by atoms with Crippen molar-refractivity contribution in [1.29, 1.82) is 0 Å². The molecule has 0 amide bonds. The van der Waals surface area contributed by atoms with E-state index < -0.39 is 22.2 Å². The van der Waals surface area contributed by atoms with Gasteiger partial charge < -0.3 is 10.1 Å². The molecular formula is C13H18F2N2O3. The molecule has 0 atom stereocenters. The normalized spacial score (nSPS) is 10.8. The maximum absolute atomic E-state index is 13.5. The average molecular weight is 288 g/mol. The van der Waals surface area contributed by atoms with E-state index in [1.807, 2.05) is 0 Å². The molecule has 0 saturated heterocycles. The van der Waals surface area contributed by atoms with Gasteiger partial charge in [0.05, 0.1) is 4.92 Å². The standard InChI is InChI=1S/C13H18F2N2O3/c1-20-6-4-2-3-5-16-9-10-7-13(17(18)19)12(15)8-11(10)14/h7-8,16H,2-6,9H2,1H3. The van der Waals surface area contributed by atoms with E-state index in [0.29, 0.717) is 19.2 Å². The van der Waals surface area contributed by atoms with Gasteiger partial charge in [0.2, 0.25) is 5.82 Å². The Morgan fingerprint density at radius 1 is 1.25 bits per heavy atom. The number of unbranched alkanes of at least 4 members (excludes halogenated alkanes) is 2. The number of hydrogen-bond acceptors (Lipinski definition) is 4. The second-order valence-corrected chi connectivity index (χ2v) is 4.38. The molecule has 0 spiro atoms. The smallest absolute Gasteiger partial charge is 0.305 e. The molecule has 1 aromatic rings. The van der Waals surface area contributed by atoms with Crippen molar-refractivity contribution in [2.45, 2.75) is 25.8 Å². The minimum Gasteiger partial charge on any atom is -0.385 e. The molecule has 112 valence electrons. The van der Waals surface area contributed by atoms with Crippen molar-refractivity contribution in [2.75, 3.05) is 20.3 Å². The van der Waals surface area contributed by atoms with Crippen LogP contribution in [-0.4, -0.2) is 25.2 Å². The molecule has 0 aromatic heterocycles. The highest BCUT2D eigenvalue weighted by molar-refractivity contribution is 5.37. The summed E-state index contributed by atoms with van der Waals surface area (Å²) in [4.78, 5) is 9.71. The van der Waals surface area contributed by atoms with E-state index in [2.05, 4.69) is 5.32 Å². The molecule has 0 bridgehead atoms. The highest BCUT2D eigenvalue weighted by Crippen LogP contribution is 2.21. The Morgan fingerprint density at radius 3 is 2.65 bits per heavy atom. The number of benzene rings is 1. The maximum Gasteiger partial charge on any atom is 0.305 e. The van der Waals surface area contributed by atoms with Gasteiger partial charge in [0.25, 0.3) is 0 Å². The fraction of sp³-hybridized carbons (Fsp3) is 0.538. The zero-order chi connectivity index (χ0) is 15.0. The van der Waals surface area contributed by atoms with Crippen LogP contribution in [0, 0.1) is 21.7 Å². The van der Waals surface area contributed by atoms with Gasteiger partial charge in [-0.1, -0.05) is 0 Å². The molecule has 0 unspecified atom stereocenters. The molecule has 0 fully saturated rings. The van der Waals surface area contributed by atoms with E-state index in [9.17, 15) is 18.9 Å².